The van der Waals surface area contributed by atoms with Gasteiger partial charge in [-0.15, -0.1) is 11.3 Å². The number of thiazole rings is 1. The first kappa shape index (κ1) is 26.6. The Morgan fingerprint density at radius 1 is 1.14 bits per heavy atom. The summed E-state index contributed by atoms with van der Waals surface area (Å²) >= 11 is 1.59. The number of rotatable bonds is 12. The van der Waals surface area contributed by atoms with Gasteiger partial charge in [0.05, 0.1) is 25.5 Å². The summed E-state index contributed by atoms with van der Waals surface area (Å²) in [4.78, 5) is 33.1. The van der Waals surface area contributed by atoms with Crippen LogP contribution in [0.15, 0.2) is 29.6 Å². The van der Waals surface area contributed by atoms with E-state index in [1.165, 1.54) is 0 Å². The number of nitrogens with zero attached hydrogens (tertiary/aromatic N) is 3. The van der Waals surface area contributed by atoms with Gasteiger partial charge in [-0.3, -0.25) is 19.9 Å². The maximum atomic E-state index is 11.9. The highest BCUT2D eigenvalue weighted by Gasteiger charge is 2.27. The van der Waals surface area contributed by atoms with Crippen LogP contribution in [0.5, 0.6) is 0 Å². The van der Waals surface area contributed by atoms with Crippen LogP contribution in [0, 0.1) is 5.41 Å². The molecule has 0 amide bonds. The Hall–Kier alpha value is -2.98. The highest BCUT2D eigenvalue weighted by atomic mass is 32.1. The van der Waals surface area contributed by atoms with Crippen molar-refractivity contribution in [3.8, 4) is 11.3 Å². The highest BCUT2D eigenvalue weighted by molar-refractivity contribution is 7.14. The van der Waals surface area contributed by atoms with E-state index in [9.17, 15) is 9.59 Å². The van der Waals surface area contributed by atoms with Crippen LogP contribution in [0.25, 0.3) is 11.3 Å². The van der Waals surface area contributed by atoms with E-state index >= 15 is 0 Å². The van der Waals surface area contributed by atoms with Crippen LogP contribution in [0.1, 0.15) is 45.1 Å². The van der Waals surface area contributed by atoms with Crippen LogP contribution in [0.4, 0.5) is 5.13 Å². The molecule has 2 aromatic rings. The van der Waals surface area contributed by atoms with E-state index in [1.54, 1.807) is 11.3 Å². The first-order chi connectivity index (χ1) is 16.9. The van der Waals surface area contributed by atoms with Crippen molar-refractivity contribution in [2.45, 2.75) is 45.6 Å². The molecule has 0 spiro atoms. The summed E-state index contributed by atoms with van der Waals surface area (Å²) in [7, 11) is 0. The normalized spacial score (nSPS) is 14.5. The Balaban J connectivity index is 1.70. The number of ether oxygens (including phenoxy) is 2. The molecule has 10 heteroatoms. The van der Waals surface area contributed by atoms with Gasteiger partial charge < -0.3 is 20.1 Å². The van der Waals surface area contributed by atoms with E-state index in [0.717, 1.165) is 42.3 Å². The lowest BCUT2D eigenvalue weighted by atomic mass is 10.0. The van der Waals surface area contributed by atoms with Gasteiger partial charge in [0.25, 0.3) is 0 Å². The van der Waals surface area contributed by atoms with Crippen molar-refractivity contribution in [1.82, 2.24) is 9.88 Å². The van der Waals surface area contributed by atoms with E-state index in [1.807, 2.05) is 43.5 Å². The van der Waals surface area contributed by atoms with Crippen LogP contribution in [-0.2, 0) is 19.1 Å². The number of carbonyl (C=O) groups is 2. The lowest BCUT2D eigenvalue weighted by Crippen LogP contribution is -2.47. The molecule has 0 atom stereocenters. The minimum Gasteiger partial charge on any atom is -0.466 e. The van der Waals surface area contributed by atoms with Crippen molar-refractivity contribution in [2.24, 2.45) is 5.73 Å². The van der Waals surface area contributed by atoms with Crippen LogP contribution < -0.4 is 10.6 Å². The molecule has 9 nitrogen and oxygen atoms in total. The second-order valence-corrected chi connectivity index (χ2v) is 9.26. The molecule has 190 valence electrons. The van der Waals surface area contributed by atoms with Crippen molar-refractivity contribution in [3.63, 3.8) is 0 Å². The zero-order chi connectivity index (χ0) is 25.2. The molecule has 1 fully saturated rings. The molecule has 1 aliphatic heterocycles. The van der Waals surface area contributed by atoms with Crippen molar-refractivity contribution in [1.29, 1.82) is 5.41 Å². The standard InChI is InChI=1S/C25H35N5O4S/c1-3-33-22(31)6-5-13-30(20-11-14-29(15-12-20)16-23(32)34-4-2)25-28-21(17-35-25)18-7-9-19(10-8-18)24(26)27/h7-10,17,20H,3-6,11-16H2,1-2H3,(H3,26,27). The predicted molar refractivity (Wildman–Crippen MR) is 138 cm³/mol. The maximum absolute atomic E-state index is 11.9. The minimum absolute atomic E-state index is 0.0394. The largest absolute Gasteiger partial charge is 0.466 e. The number of nitrogen functional groups attached to an aromatic ring is 1. The number of amidine groups is 1. The Bertz CT molecular complexity index is 986. The van der Waals surface area contributed by atoms with Gasteiger partial charge in [0.2, 0.25) is 0 Å². The Morgan fingerprint density at radius 3 is 2.43 bits per heavy atom. The molecule has 0 saturated carbocycles. The fraction of sp³-hybridized carbons (Fsp3) is 0.520. The summed E-state index contributed by atoms with van der Waals surface area (Å²) in [5, 5.41) is 10.5. The lowest BCUT2D eigenvalue weighted by Gasteiger charge is -2.38. The van der Waals surface area contributed by atoms with Gasteiger partial charge in [0, 0.05) is 48.6 Å². The van der Waals surface area contributed by atoms with E-state index in [2.05, 4.69) is 9.80 Å². The summed E-state index contributed by atoms with van der Waals surface area (Å²) in [6.07, 6.45) is 2.86. The molecule has 0 aliphatic carbocycles. The fourth-order valence-electron chi connectivity index (χ4n) is 4.19. The smallest absolute Gasteiger partial charge is 0.320 e. The van der Waals surface area contributed by atoms with Crippen molar-refractivity contribution < 1.29 is 19.1 Å². The van der Waals surface area contributed by atoms with Gasteiger partial charge in [-0.2, -0.15) is 0 Å². The third-order valence-corrected chi connectivity index (χ3v) is 6.85. The highest BCUT2D eigenvalue weighted by Crippen LogP contribution is 2.31. The first-order valence-corrected chi connectivity index (χ1v) is 13.0. The van der Waals surface area contributed by atoms with Crippen LogP contribution in [0.3, 0.4) is 0 Å². The quantitative estimate of drug-likeness (QED) is 0.258. The summed E-state index contributed by atoms with van der Waals surface area (Å²) in [5.74, 6) is -0.322. The number of hydrogen-bond acceptors (Lipinski definition) is 9. The molecule has 0 radical (unpaired) electrons. The predicted octanol–water partition coefficient (Wildman–Crippen LogP) is 3.27. The fourth-order valence-corrected chi connectivity index (χ4v) is 5.12. The van der Waals surface area contributed by atoms with E-state index < -0.39 is 0 Å². The summed E-state index contributed by atoms with van der Waals surface area (Å²) in [6, 6.07) is 7.78. The van der Waals surface area contributed by atoms with Crippen LogP contribution in [0.2, 0.25) is 0 Å². The molecular weight excluding hydrogens is 466 g/mol. The number of aromatic nitrogens is 1. The molecular formula is C25H35N5O4S. The first-order valence-electron chi connectivity index (χ1n) is 12.1. The molecule has 1 aromatic heterocycles. The number of nitrogens with one attached hydrogen (secondary N) is 1. The SMILES string of the molecule is CCOC(=O)CCCN(c1nc(-c2ccc(C(=N)N)cc2)cs1)C1CCN(CC(=O)OCC)CC1. The number of nitrogens with two attached hydrogens (primary N) is 1. The van der Waals surface area contributed by atoms with Crippen LogP contribution in [-0.4, -0.2) is 73.1 Å². The Labute approximate surface area is 210 Å². The average molecular weight is 502 g/mol. The second kappa shape index (κ2) is 13.2. The second-order valence-electron chi connectivity index (χ2n) is 8.42. The molecule has 3 rings (SSSR count). The molecule has 2 heterocycles. The van der Waals surface area contributed by atoms with Crippen molar-refractivity contribution in [3.05, 3.63) is 35.2 Å². The number of benzene rings is 1. The molecule has 0 bridgehead atoms. The van der Waals surface area contributed by atoms with Gasteiger partial charge in [-0.1, -0.05) is 24.3 Å². The summed E-state index contributed by atoms with van der Waals surface area (Å²) < 4.78 is 10.2. The van der Waals surface area contributed by atoms with E-state index in [0.29, 0.717) is 44.7 Å². The topological polar surface area (TPSA) is 122 Å². The van der Waals surface area contributed by atoms with Gasteiger partial charge in [0.1, 0.15) is 5.84 Å². The van der Waals surface area contributed by atoms with Crippen LogP contribution >= 0.6 is 11.3 Å². The molecule has 35 heavy (non-hydrogen) atoms. The van der Waals surface area contributed by atoms with Gasteiger partial charge >= 0.3 is 11.9 Å². The van der Waals surface area contributed by atoms with Crippen molar-refractivity contribution in [2.75, 3.05) is 44.3 Å². The Morgan fingerprint density at radius 2 is 1.80 bits per heavy atom. The zero-order valence-electron chi connectivity index (χ0n) is 20.5. The number of anilines is 1. The third-order valence-electron chi connectivity index (χ3n) is 5.97. The van der Waals surface area contributed by atoms with E-state index in [-0.39, 0.29) is 23.8 Å². The van der Waals surface area contributed by atoms with Gasteiger partial charge in [0.15, 0.2) is 5.13 Å². The third kappa shape index (κ3) is 7.76. The molecule has 1 aliphatic rings. The lowest BCUT2D eigenvalue weighted by molar-refractivity contribution is -0.145. The van der Waals surface area contributed by atoms with Gasteiger partial charge in [-0.05, 0) is 33.1 Å². The number of piperidine rings is 1. The Kier molecular flexibility index (Phi) is 10.0. The minimum atomic E-state index is -0.183. The number of likely N-dealkylation sites (tertiary alicyclic amines) is 1. The number of esters is 2. The molecule has 3 N–H and O–H groups in total. The summed E-state index contributed by atoms with van der Waals surface area (Å²) in [6.45, 7) is 7.06. The number of carbonyl (C=O) groups excluding carboxylic acids is 2. The van der Waals surface area contributed by atoms with Crippen molar-refractivity contribution >= 4 is 34.2 Å². The van der Waals surface area contributed by atoms with Gasteiger partial charge in [-0.25, -0.2) is 4.98 Å². The molecule has 1 aromatic carbocycles. The molecule has 0 unspecified atom stereocenters. The summed E-state index contributed by atoms with van der Waals surface area (Å²) in [5.41, 5.74) is 8.08. The number of hydrogen-bond donors (Lipinski definition) is 2. The zero-order valence-corrected chi connectivity index (χ0v) is 21.3. The van der Waals surface area contributed by atoms with E-state index in [4.69, 9.17) is 25.6 Å². The maximum Gasteiger partial charge on any atom is 0.320 e. The molecule has 1 saturated heterocycles. The average Bonchev–Trinajstić information content (AvgIpc) is 3.33. The monoisotopic (exact) mass is 501 g/mol.